The minimum atomic E-state index is -2.98. The fraction of sp³-hybridized carbons (Fsp3) is 0.118. The molecule has 0 aliphatic rings. The van der Waals surface area contributed by atoms with E-state index >= 15 is 0 Å². The first kappa shape index (κ1) is 18.0. The molecule has 0 saturated heterocycles. The van der Waals surface area contributed by atoms with E-state index in [0.29, 0.717) is 5.82 Å². The number of rotatable bonds is 6. The number of alkyl halides is 2. The largest absolute Gasteiger partial charge is 0.452 e. The smallest absolute Gasteiger partial charge is 0.387 e. The minimum absolute atomic E-state index is 0.0647. The molecule has 0 unspecified atom stereocenters. The van der Waals surface area contributed by atoms with Crippen LogP contribution < -0.4 is 4.74 Å². The van der Waals surface area contributed by atoms with Crippen molar-refractivity contribution in [3.63, 3.8) is 0 Å². The molecule has 6 nitrogen and oxygen atoms in total. The summed E-state index contributed by atoms with van der Waals surface area (Å²) in [5.41, 5.74) is 0.799. The normalized spacial score (nSPS) is 10.8. The van der Waals surface area contributed by atoms with Crippen molar-refractivity contribution in [1.82, 2.24) is 10.1 Å². The van der Waals surface area contributed by atoms with Crippen molar-refractivity contribution >= 4 is 21.9 Å². The van der Waals surface area contributed by atoms with E-state index in [1.54, 1.807) is 6.07 Å². The third-order valence-corrected chi connectivity index (χ3v) is 3.67. The molecule has 0 saturated carbocycles. The molecule has 0 fully saturated rings. The van der Waals surface area contributed by atoms with E-state index in [4.69, 9.17) is 9.26 Å². The molecule has 9 heteroatoms. The van der Waals surface area contributed by atoms with Gasteiger partial charge in [0.25, 0.3) is 5.89 Å². The Kier molecular flexibility index (Phi) is 5.57. The first-order chi connectivity index (χ1) is 12.5. The number of hydrogen-bond acceptors (Lipinski definition) is 6. The Balaban J connectivity index is 1.63. The number of carbonyl (C=O) groups excluding carboxylic acids is 1. The number of nitrogens with zero attached hydrogens (tertiary/aromatic N) is 2. The molecule has 0 aliphatic carbocycles. The van der Waals surface area contributed by atoms with E-state index in [1.165, 1.54) is 18.2 Å². The summed E-state index contributed by atoms with van der Waals surface area (Å²) in [7, 11) is 0. The number of esters is 1. The maximum Gasteiger partial charge on any atom is 0.387 e. The second kappa shape index (κ2) is 8.05. The lowest BCUT2D eigenvalue weighted by molar-refractivity contribution is -0.0499. The summed E-state index contributed by atoms with van der Waals surface area (Å²) in [5, 5.41) is 3.82. The molecule has 3 aromatic rings. The molecule has 2 aromatic carbocycles. The maximum absolute atomic E-state index is 12.2. The summed E-state index contributed by atoms with van der Waals surface area (Å²) in [4.78, 5) is 16.2. The van der Waals surface area contributed by atoms with E-state index in [1.807, 2.05) is 18.2 Å². The first-order valence-corrected chi connectivity index (χ1v) is 8.11. The number of hydrogen-bond donors (Lipinski definition) is 0. The third-order valence-electron chi connectivity index (χ3n) is 3.17. The Bertz CT molecular complexity index is 917. The van der Waals surface area contributed by atoms with E-state index in [9.17, 15) is 13.6 Å². The van der Waals surface area contributed by atoms with Crippen LogP contribution in [0.3, 0.4) is 0 Å². The molecule has 26 heavy (non-hydrogen) atoms. The molecule has 0 atom stereocenters. The average Bonchev–Trinajstić information content (AvgIpc) is 3.08. The predicted octanol–water partition coefficient (Wildman–Crippen LogP) is 4.46. The fourth-order valence-electron chi connectivity index (χ4n) is 2.07. The van der Waals surface area contributed by atoms with Crippen molar-refractivity contribution in [3.8, 4) is 17.1 Å². The monoisotopic (exact) mass is 424 g/mol. The van der Waals surface area contributed by atoms with Crippen LogP contribution in [0, 0.1) is 0 Å². The molecule has 0 aliphatic heterocycles. The summed E-state index contributed by atoms with van der Waals surface area (Å²) in [6.07, 6.45) is 0. The van der Waals surface area contributed by atoms with Crippen LogP contribution >= 0.6 is 15.9 Å². The van der Waals surface area contributed by atoms with Crippen molar-refractivity contribution in [3.05, 3.63) is 64.5 Å². The van der Waals surface area contributed by atoms with Gasteiger partial charge in [-0.1, -0.05) is 39.3 Å². The van der Waals surface area contributed by atoms with Gasteiger partial charge in [0.15, 0.2) is 6.61 Å². The predicted molar refractivity (Wildman–Crippen MR) is 89.6 cm³/mol. The molecular formula is C17H11BrF2N2O4. The lowest BCUT2D eigenvalue weighted by atomic mass is 10.2. The average molecular weight is 425 g/mol. The van der Waals surface area contributed by atoms with Crippen molar-refractivity contribution in [2.75, 3.05) is 0 Å². The van der Waals surface area contributed by atoms with Crippen molar-refractivity contribution < 1.29 is 27.6 Å². The van der Waals surface area contributed by atoms with E-state index in [-0.39, 0.29) is 23.8 Å². The summed E-state index contributed by atoms with van der Waals surface area (Å²) in [5.74, 6) is -0.408. The number of halogens is 3. The second-order valence-corrected chi connectivity index (χ2v) is 5.92. The highest BCUT2D eigenvalue weighted by Crippen LogP contribution is 2.21. The van der Waals surface area contributed by atoms with Gasteiger partial charge in [-0.05, 0) is 30.3 Å². The van der Waals surface area contributed by atoms with Crippen molar-refractivity contribution in [2.24, 2.45) is 0 Å². The first-order valence-electron chi connectivity index (χ1n) is 7.32. The van der Waals surface area contributed by atoms with Gasteiger partial charge < -0.3 is 14.0 Å². The molecule has 1 aromatic heterocycles. The summed E-state index contributed by atoms with van der Waals surface area (Å²) in [6.45, 7) is -3.23. The summed E-state index contributed by atoms with van der Waals surface area (Å²) < 4.78 is 39.6. The van der Waals surface area contributed by atoms with Gasteiger partial charge in [0.1, 0.15) is 5.75 Å². The second-order valence-electron chi connectivity index (χ2n) is 5.00. The van der Waals surface area contributed by atoms with E-state index in [0.717, 1.165) is 16.1 Å². The van der Waals surface area contributed by atoms with Crippen LogP contribution in [0.1, 0.15) is 16.2 Å². The highest BCUT2D eigenvalue weighted by molar-refractivity contribution is 9.10. The molecule has 1 heterocycles. The van der Waals surface area contributed by atoms with Gasteiger partial charge in [-0.2, -0.15) is 13.8 Å². The number of benzene rings is 2. The van der Waals surface area contributed by atoms with Crippen molar-refractivity contribution in [1.29, 1.82) is 0 Å². The van der Waals surface area contributed by atoms with Crippen LogP contribution in [0.5, 0.6) is 5.75 Å². The van der Waals surface area contributed by atoms with Gasteiger partial charge in [0.05, 0.1) is 5.56 Å². The zero-order chi connectivity index (χ0) is 18.5. The zero-order valence-corrected chi connectivity index (χ0v) is 14.7. The van der Waals surface area contributed by atoms with Gasteiger partial charge in [-0.3, -0.25) is 0 Å². The standard InChI is InChI=1S/C17H11BrF2N2O4/c18-12-5-1-3-10(7-12)15-21-14(26-22-15)9-24-16(23)11-4-2-6-13(8-11)25-17(19)20/h1-8,17H,9H2. The number of ether oxygens (including phenoxy) is 2. The van der Waals surface area contributed by atoms with Gasteiger partial charge in [0, 0.05) is 10.0 Å². The van der Waals surface area contributed by atoms with Crippen LogP contribution in [0.2, 0.25) is 0 Å². The topological polar surface area (TPSA) is 74.5 Å². The summed E-state index contributed by atoms with van der Waals surface area (Å²) >= 11 is 3.35. The highest BCUT2D eigenvalue weighted by Gasteiger charge is 2.14. The molecular weight excluding hydrogens is 414 g/mol. The third kappa shape index (κ3) is 4.63. The van der Waals surface area contributed by atoms with Gasteiger partial charge in [-0.15, -0.1) is 0 Å². The van der Waals surface area contributed by atoms with Crippen molar-refractivity contribution in [2.45, 2.75) is 13.2 Å². The van der Waals surface area contributed by atoms with E-state index in [2.05, 4.69) is 30.8 Å². The van der Waals surface area contributed by atoms with Crippen LogP contribution in [-0.2, 0) is 11.3 Å². The van der Waals surface area contributed by atoms with E-state index < -0.39 is 12.6 Å². The van der Waals surface area contributed by atoms with Gasteiger partial charge >= 0.3 is 12.6 Å². The Morgan fingerprint density at radius 3 is 2.77 bits per heavy atom. The minimum Gasteiger partial charge on any atom is -0.452 e. The van der Waals surface area contributed by atoms with Crippen LogP contribution in [-0.4, -0.2) is 22.7 Å². The molecule has 0 spiro atoms. The Labute approximate surface area is 154 Å². The number of aromatic nitrogens is 2. The molecule has 0 N–H and O–H groups in total. The quantitative estimate of drug-likeness (QED) is 0.543. The van der Waals surface area contributed by atoms with Gasteiger partial charge in [-0.25, -0.2) is 4.79 Å². The lowest BCUT2D eigenvalue weighted by Crippen LogP contribution is -2.07. The van der Waals surface area contributed by atoms with Crippen LogP contribution in [0.15, 0.2) is 57.5 Å². The maximum atomic E-state index is 12.2. The Morgan fingerprint density at radius 1 is 1.19 bits per heavy atom. The fourth-order valence-corrected chi connectivity index (χ4v) is 2.47. The van der Waals surface area contributed by atoms with Crippen LogP contribution in [0.25, 0.3) is 11.4 Å². The molecule has 0 radical (unpaired) electrons. The SMILES string of the molecule is O=C(OCc1nc(-c2cccc(Br)c2)no1)c1cccc(OC(F)F)c1. The Morgan fingerprint density at radius 2 is 2.00 bits per heavy atom. The summed E-state index contributed by atoms with van der Waals surface area (Å²) in [6, 6.07) is 12.6. The zero-order valence-electron chi connectivity index (χ0n) is 13.1. The molecule has 3 rings (SSSR count). The molecule has 0 amide bonds. The van der Waals surface area contributed by atoms with Crippen LogP contribution in [0.4, 0.5) is 8.78 Å². The molecule has 134 valence electrons. The highest BCUT2D eigenvalue weighted by atomic mass is 79.9. The Hall–Kier alpha value is -2.81. The lowest BCUT2D eigenvalue weighted by Gasteiger charge is -2.06. The molecule has 0 bridgehead atoms. The number of carbonyl (C=O) groups is 1. The van der Waals surface area contributed by atoms with Gasteiger partial charge in [0.2, 0.25) is 5.82 Å².